The number of hydrogen-bond donors (Lipinski definition) is 1. The number of fused-ring (bicyclic) bond motifs is 2. The Morgan fingerprint density at radius 2 is 1.72 bits per heavy atom. The molecule has 6 rings (SSSR count). The zero-order chi connectivity index (χ0) is 30.2. The van der Waals surface area contributed by atoms with Crippen LogP contribution in [0, 0.1) is 5.92 Å². The molecule has 10 nitrogen and oxygen atoms in total. The highest BCUT2D eigenvalue weighted by atomic mass is 32.2. The fourth-order valence-electron chi connectivity index (χ4n) is 5.26. The summed E-state index contributed by atoms with van der Waals surface area (Å²) in [6.45, 7) is 1.69. The maximum absolute atomic E-state index is 14.0. The molecule has 3 unspecified atom stereocenters. The molecular formula is C30H25N3O7S3. The summed E-state index contributed by atoms with van der Waals surface area (Å²) in [5.74, 6) is -2.30. The minimum atomic E-state index is -0.804. The Morgan fingerprint density at radius 1 is 0.977 bits per heavy atom. The van der Waals surface area contributed by atoms with Crippen LogP contribution in [-0.4, -0.2) is 47.2 Å². The van der Waals surface area contributed by atoms with Crippen molar-refractivity contribution in [2.24, 2.45) is 5.92 Å². The average Bonchev–Trinajstić information content (AvgIpc) is 3.71. The van der Waals surface area contributed by atoms with Crippen LogP contribution in [0.2, 0.25) is 0 Å². The molecule has 0 spiro atoms. The zero-order valence-corrected chi connectivity index (χ0v) is 25.4. The van der Waals surface area contributed by atoms with E-state index >= 15 is 0 Å². The summed E-state index contributed by atoms with van der Waals surface area (Å²) in [4.78, 5) is 68.5. The average molecular weight is 636 g/mol. The van der Waals surface area contributed by atoms with E-state index in [1.165, 1.54) is 28.0 Å². The van der Waals surface area contributed by atoms with Crippen molar-refractivity contribution < 1.29 is 28.7 Å². The van der Waals surface area contributed by atoms with Crippen molar-refractivity contribution in [2.45, 2.75) is 29.7 Å². The summed E-state index contributed by atoms with van der Waals surface area (Å²) in [5, 5.41) is 4.40. The molecule has 2 aliphatic rings. The second-order valence-electron chi connectivity index (χ2n) is 9.74. The number of thioether (sulfide) groups is 1. The van der Waals surface area contributed by atoms with E-state index in [0.29, 0.717) is 32.6 Å². The minimum Gasteiger partial charge on any atom is -0.497 e. The fourth-order valence-corrected chi connectivity index (χ4v) is 8.99. The Balaban J connectivity index is 1.32. The number of methoxy groups -OCH3 is 1. The van der Waals surface area contributed by atoms with E-state index in [1.54, 1.807) is 50.4 Å². The zero-order valence-electron chi connectivity index (χ0n) is 23.0. The SMILES string of the molecule is CCOC(=O)c1ccc(N2C(=O)C3Sc4c(sc(=O)n4CC(=O)Nc4ccc(OC)cc4)C(c4cccs4)C3C2=O)cc1. The van der Waals surface area contributed by atoms with Gasteiger partial charge < -0.3 is 14.8 Å². The van der Waals surface area contributed by atoms with Gasteiger partial charge in [0.1, 0.15) is 17.5 Å². The maximum atomic E-state index is 14.0. The number of thiophene rings is 1. The van der Waals surface area contributed by atoms with E-state index in [1.807, 2.05) is 17.5 Å². The van der Waals surface area contributed by atoms with E-state index in [2.05, 4.69) is 5.32 Å². The third-order valence-corrected chi connectivity index (χ3v) is 10.8. The number of amides is 3. The molecule has 13 heteroatoms. The maximum Gasteiger partial charge on any atom is 0.338 e. The number of nitrogens with zero attached hydrogens (tertiary/aromatic N) is 2. The lowest BCUT2D eigenvalue weighted by Crippen LogP contribution is -2.32. The van der Waals surface area contributed by atoms with Gasteiger partial charge in [0.2, 0.25) is 17.7 Å². The molecule has 0 bridgehead atoms. The van der Waals surface area contributed by atoms with E-state index < -0.39 is 34.9 Å². The van der Waals surface area contributed by atoms with Crippen LogP contribution in [0.4, 0.5) is 11.4 Å². The molecule has 1 fully saturated rings. The number of carbonyl (C=O) groups excluding carboxylic acids is 4. The number of carbonyl (C=O) groups is 4. The van der Waals surface area contributed by atoms with Crippen molar-refractivity contribution in [1.82, 2.24) is 4.57 Å². The molecule has 4 aromatic rings. The van der Waals surface area contributed by atoms with Gasteiger partial charge in [-0.1, -0.05) is 29.2 Å². The number of anilines is 2. The number of thiazole rings is 1. The number of imide groups is 1. The molecule has 3 amide bonds. The summed E-state index contributed by atoms with van der Waals surface area (Å²) in [5.41, 5.74) is 1.21. The monoisotopic (exact) mass is 635 g/mol. The molecule has 4 heterocycles. The quantitative estimate of drug-likeness (QED) is 0.220. The molecule has 1 saturated heterocycles. The molecule has 2 aromatic heterocycles. The van der Waals surface area contributed by atoms with Crippen LogP contribution in [0.1, 0.15) is 33.0 Å². The van der Waals surface area contributed by atoms with Crippen molar-refractivity contribution in [3.63, 3.8) is 0 Å². The second-order valence-corrected chi connectivity index (χ2v) is 12.8. The van der Waals surface area contributed by atoms with E-state index in [0.717, 1.165) is 32.9 Å². The molecule has 0 radical (unpaired) electrons. The summed E-state index contributed by atoms with van der Waals surface area (Å²) in [7, 11) is 1.55. The van der Waals surface area contributed by atoms with Crippen LogP contribution in [0.25, 0.3) is 0 Å². The molecule has 2 aliphatic heterocycles. The van der Waals surface area contributed by atoms with E-state index in [9.17, 15) is 24.0 Å². The van der Waals surface area contributed by atoms with Crippen LogP contribution in [0.15, 0.2) is 75.9 Å². The Bertz CT molecular complexity index is 1760. The van der Waals surface area contributed by atoms with E-state index in [4.69, 9.17) is 9.47 Å². The molecule has 220 valence electrons. The van der Waals surface area contributed by atoms with Crippen LogP contribution < -0.4 is 19.8 Å². The highest BCUT2D eigenvalue weighted by molar-refractivity contribution is 8.00. The molecule has 1 N–H and O–H groups in total. The van der Waals surface area contributed by atoms with Gasteiger partial charge in [-0.15, -0.1) is 11.3 Å². The van der Waals surface area contributed by atoms with Crippen molar-refractivity contribution in [2.75, 3.05) is 23.9 Å². The lowest BCUT2D eigenvalue weighted by molar-refractivity contribution is -0.122. The Labute approximate surface area is 258 Å². The van der Waals surface area contributed by atoms with Gasteiger partial charge in [0.25, 0.3) is 0 Å². The normalized spacial score (nSPS) is 19.1. The van der Waals surface area contributed by atoms with Gasteiger partial charge in [-0.2, -0.15) is 0 Å². The topological polar surface area (TPSA) is 124 Å². The third-order valence-electron chi connectivity index (χ3n) is 7.21. The number of ether oxygens (including phenoxy) is 2. The van der Waals surface area contributed by atoms with Crippen molar-refractivity contribution in [1.29, 1.82) is 0 Å². The Hall–Kier alpha value is -4.20. The smallest absolute Gasteiger partial charge is 0.338 e. The van der Waals surface area contributed by atoms with Gasteiger partial charge in [-0.05, 0) is 66.9 Å². The van der Waals surface area contributed by atoms with Gasteiger partial charge in [0, 0.05) is 21.4 Å². The van der Waals surface area contributed by atoms with Crippen LogP contribution in [-0.2, 0) is 25.7 Å². The number of hydrogen-bond acceptors (Lipinski definition) is 10. The molecule has 3 atom stereocenters. The molecule has 0 saturated carbocycles. The third kappa shape index (κ3) is 5.28. The fraction of sp³-hybridized carbons (Fsp3) is 0.233. The first kappa shape index (κ1) is 28.9. The van der Waals surface area contributed by atoms with Crippen LogP contribution in [0.5, 0.6) is 5.75 Å². The van der Waals surface area contributed by atoms with Crippen LogP contribution in [0.3, 0.4) is 0 Å². The van der Waals surface area contributed by atoms with Gasteiger partial charge in [0.05, 0.1) is 35.9 Å². The highest BCUT2D eigenvalue weighted by Crippen LogP contribution is 2.54. The first-order valence-electron chi connectivity index (χ1n) is 13.3. The molecule has 2 aromatic carbocycles. The van der Waals surface area contributed by atoms with Gasteiger partial charge >= 0.3 is 10.8 Å². The number of nitrogens with one attached hydrogen (secondary N) is 1. The van der Waals surface area contributed by atoms with Gasteiger partial charge in [0.15, 0.2) is 0 Å². The first-order valence-corrected chi connectivity index (χ1v) is 15.9. The summed E-state index contributed by atoms with van der Waals surface area (Å²) < 4.78 is 11.6. The lowest BCUT2D eigenvalue weighted by Gasteiger charge is -2.29. The summed E-state index contributed by atoms with van der Waals surface area (Å²) >= 11 is 3.60. The minimum absolute atomic E-state index is 0.229. The summed E-state index contributed by atoms with van der Waals surface area (Å²) in [6, 6.07) is 16.8. The first-order chi connectivity index (χ1) is 20.8. The molecule has 0 aliphatic carbocycles. The number of rotatable bonds is 8. The number of aromatic nitrogens is 1. The highest BCUT2D eigenvalue weighted by Gasteiger charge is 2.57. The number of esters is 1. The van der Waals surface area contributed by atoms with Crippen molar-refractivity contribution >= 4 is 69.5 Å². The van der Waals surface area contributed by atoms with Gasteiger partial charge in [-0.25, -0.2) is 9.69 Å². The van der Waals surface area contributed by atoms with Crippen molar-refractivity contribution in [3.05, 3.63) is 91.0 Å². The Morgan fingerprint density at radius 3 is 2.37 bits per heavy atom. The van der Waals surface area contributed by atoms with E-state index in [-0.39, 0.29) is 23.9 Å². The molecular weight excluding hydrogens is 611 g/mol. The predicted octanol–water partition coefficient (Wildman–Crippen LogP) is 4.59. The second kappa shape index (κ2) is 11.8. The standard InChI is InChI=1S/C30H25N3O7S3/c1-3-40-29(37)16-6-10-18(11-7-16)33-26(35)23-22(20-5-4-14-41-20)25-28(42-24(23)27(33)36)32(30(38)43-25)15-21(34)31-17-8-12-19(39-2)13-9-17/h4-14,22-24H,3,15H2,1-2H3,(H,31,34). The predicted molar refractivity (Wildman–Crippen MR) is 164 cm³/mol. The lowest BCUT2D eigenvalue weighted by atomic mass is 9.87. The largest absolute Gasteiger partial charge is 0.497 e. The van der Waals surface area contributed by atoms with Crippen molar-refractivity contribution in [3.8, 4) is 5.75 Å². The van der Waals surface area contributed by atoms with Crippen LogP contribution >= 0.6 is 34.4 Å². The molecule has 43 heavy (non-hydrogen) atoms. The number of benzene rings is 2. The van der Waals surface area contributed by atoms with Gasteiger partial charge in [-0.3, -0.25) is 23.7 Å². The Kier molecular flexibility index (Phi) is 7.95. The summed E-state index contributed by atoms with van der Waals surface area (Å²) in [6.07, 6.45) is 0.